The lowest BCUT2D eigenvalue weighted by molar-refractivity contribution is -0.385. The average molecular weight is 1950 g/mol. The Labute approximate surface area is 769 Å². The zero-order chi connectivity index (χ0) is 91.9. The maximum absolute atomic E-state index is 13.3. The minimum Gasteiger partial charge on any atom is -0.494 e. The van der Waals surface area contributed by atoms with Crippen molar-refractivity contribution in [2.75, 3.05) is 182 Å². The number of aliphatic hydroxyl groups is 3. The number of carboxylic acid groups (broad SMARTS) is 1. The number of ether oxygens (including phenoxy) is 7. The smallest absolute Gasteiger partial charge is 0.337 e. The van der Waals surface area contributed by atoms with E-state index in [2.05, 4.69) is 108 Å². The van der Waals surface area contributed by atoms with Crippen LogP contribution in [0.4, 0.5) is 27.1 Å². The number of likely N-dealkylation sites (tertiary alicyclic amines) is 4. The van der Waals surface area contributed by atoms with Crippen molar-refractivity contribution in [2.24, 2.45) is 29.6 Å². The molecule has 6 heterocycles. The Morgan fingerprint density at radius 3 is 1.34 bits per heavy atom. The van der Waals surface area contributed by atoms with Crippen LogP contribution in [0.2, 0.25) is 0 Å². The summed E-state index contributed by atoms with van der Waals surface area (Å²) in [6.45, 7) is 36.3. The van der Waals surface area contributed by atoms with Gasteiger partial charge in [-0.3, -0.25) is 29.6 Å². The van der Waals surface area contributed by atoms with Crippen LogP contribution in [0, 0.1) is 76.4 Å². The summed E-state index contributed by atoms with van der Waals surface area (Å²) in [5.41, 5.74) is 15.2. The van der Waals surface area contributed by atoms with Gasteiger partial charge in [-0.15, -0.1) is 12.4 Å². The quantitative estimate of drug-likeness (QED) is 0.00598. The minimum absolute atomic E-state index is 0. The monoisotopic (exact) mass is 1950 g/mol. The third kappa shape index (κ3) is 44.1. The molecule has 0 unspecified atom stereocenters. The zero-order valence-corrected chi connectivity index (χ0v) is 81.0. The number of piperidine rings is 5. The number of aromatic nitrogens is 2. The first-order valence-corrected chi connectivity index (χ1v) is 46.5. The molecule has 9 N–H and O–H groups in total. The Morgan fingerprint density at radius 2 is 0.944 bits per heavy atom. The second-order valence-corrected chi connectivity index (χ2v) is 32.5. The van der Waals surface area contributed by atoms with Gasteiger partial charge in [0.15, 0.2) is 5.75 Å². The SMILES string of the molecule is CI.CO.COc1cc(F)ccc1[N+](=O)[O-].COc1cc(OCCCN2CCC[C@H](C)C2)ccc1-n1c(C)nc2ccc(C)cc2c1=O.COc1cc(OCCCN2CCC[C@H](C)C2)ccc1N.COc1cc(OCCCN2CCC[C@H](C)C2)ccc1[N+](=O)[O-].C[C@H]1CCCN(CCCO)C1.C[C@H]1CCCNC1.Cc1ccc(N)c(C(=O)O)c1.Cl.OCCCBr. The van der Waals surface area contributed by atoms with Crippen molar-refractivity contribution >= 4 is 90.5 Å². The molecule has 5 atom stereocenters. The molecule has 32 heteroatoms. The summed E-state index contributed by atoms with van der Waals surface area (Å²) in [5.74, 6) is 6.88. The normalized spacial score (nSPS) is 17.3. The third-order valence-electron chi connectivity index (χ3n) is 21.0. The molecule has 5 aliphatic rings. The highest BCUT2D eigenvalue weighted by atomic mass is 127. The van der Waals surface area contributed by atoms with E-state index in [-0.39, 0.29) is 46.4 Å². The number of rotatable bonds is 28. The number of halogens is 4. The Morgan fingerprint density at radius 1 is 0.544 bits per heavy atom. The number of nitro groups is 2. The van der Waals surface area contributed by atoms with Crippen LogP contribution in [-0.2, 0) is 0 Å². The van der Waals surface area contributed by atoms with Gasteiger partial charge in [0, 0.05) is 120 Å². The highest BCUT2D eigenvalue weighted by molar-refractivity contribution is 14.1. The summed E-state index contributed by atoms with van der Waals surface area (Å²) in [7, 11) is 6.90. The van der Waals surface area contributed by atoms with Crippen molar-refractivity contribution in [3.8, 4) is 45.9 Å². The second-order valence-electron chi connectivity index (χ2n) is 31.7. The van der Waals surface area contributed by atoms with Crippen molar-refractivity contribution in [3.05, 3.63) is 168 Å². The molecule has 28 nitrogen and oxygen atoms in total. The molecule has 0 saturated carbocycles. The number of nitrogens with zero attached hydrogens (tertiary/aromatic N) is 8. The van der Waals surface area contributed by atoms with E-state index in [0.717, 1.165) is 148 Å². The molecule has 0 bridgehead atoms. The van der Waals surface area contributed by atoms with E-state index in [1.807, 2.05) is 80.3 Å². The fraction of sp³-hybridized carbons (Fsp3) is 0.581. The van der Waals surface area contributed by atoms with Gasteiger partial charge < -0.3 is 90.0 Å². The number of fused-ring (bicyclic) bond motifs is 1. The lowest BCUT2D eigenvalue weighted by Crippen LogP contribution is -2.35. The van der Waals surface area contributed by atoms with Gasteiger partial charge in [-0.05, 0) is 252 Å². The number of aromatic carboxylic acids is 1. The van der Waals surface area contributed by atoms with Gasteiger partial charge in [-0.25, -0.2) is 14.2 Å². The number of methoxy groups -OCH3 is 4. The lowest BCUT2D eigenvalue weighted by Gasteiger charge is -2.30. The Kier molecular flexibility index (Phi) is 59.3. The number of hydrogen-bond donors (Lipinski definition) is 7. The number of hydrogen-bond acceptors (Lipinski definition) is 24. The summed E-state index contributed by atoms with van der Waals surface area (Å²) >= 11 is 5.30. The van der Waals surface area contributed by atoms with Gasteiger partial charge >= 0.3 is 17.3 Å². The van der Waals surface area contributed by atoms with Gasteiger partial charge in [-0.2, -0.15) is 0 Å². The number of nitrogens with one attached hydrogen (secondary N) is 1. The summed E-state index contributed by atoms with van der Waals surface area (Å²) < 4.78 is 52.0. The highest BCUT2D eigenvalue weighted by Gasteiger charge is 2.23. The molecule has 7 aromatic rings. The summed E-state index contributed by atoms with van der Waals surface area (Å²) in [6.07, 6.45) is 18.3. The predicted octanol–water partition coefficient (Wildman–Crippen LogP) is 17.4. The maximum Gasteiger partial charge on any atom is 0.337 e. The van der Waals surface area contributed by atoms with Crippen LogP contribution < -0.4 is 55.5 Å². The first kappa shape index (κ1) is 113. The first-order valence-electron chi connectivity index (χ1n) is 43.2. The highest BCUT2D eigenvalue weighted by Crippen LogP contribution is 2.33. The largest absolute Gasteiger partial charge is 0.494 e. The third-order valence-corrected chi connectivity index (χ3v) is 21.6. The summed E-state index contributed by atoms with van der Waals surface area (Å²) in [4.78, 5) is 60.4. The van der Waals surface area contributed by atoms with Crippen LogP contribution in [0.25, 0.3) is 16.6 Å². The van der Waals surface area contributed by atoms with Gasteiger partial charge in [0.25, 0.3) is 5.56 Å². The van der Waals surface area contributed by atoms with Crippen LogP contribution >= 0.6 is 50.9 Å². The Hall–Kier alpha value is -7.96. The molecule has 125 heavy (non-hydrogen) atoms. The van der Waals surface area contributed by atoms with Crippen LogP contribution in [-0.4, -0.2) is 236 Å². The number of aliphatic hydroxyl groups excluding tert-OH is 3. The Bertz CT molecular complexity index is 4240. The van der Waals surface area contributed by atoms with Gasteiger partial charge in [0.2, 0.25) is 5.75 Å². The van der Waals surface area contributed by atoms with Gasteiger partial charge in [0.05, 0.1) is 85.9 Å². The molecular weight excluding hydrogens is 1800 g/mol. The zero-order valence-electron chi connectivity index (χ0n) is 76.4. The number of nitrogen functional groups attached to an aromatic ring is 2. The standard InChI is InChI=1S/C26H33N3O3.C16H24N2O4.C16H26N2O2.C9H19NO.C8H9NO2.C7H6FNO3.C6H13N.C3H7BrO.CH3I.CH4O.ClH/c1-18-8-10-23-22(15-18)26(30)29(20(3)27-23)24-11-9-21(16-25(24)31-4)32-14-6-13-28-12-5-7-19(2)17-28;1-13-5-3-8-17(12-13)9-4-10-22-14-6-7-15(18(19)20)16(11-14)21-2;1-13-5-3-8-18(12-13)9-4-10-20-14-6-7-15(17)16(11-14)19-2;1-9-4-2-5-10(8-9)6-3-7-11;1-5-2-3-7(9)6(4-5)8(10)11;1-12-7-4-5(8)2-3-6(7)9(10)11;1-6-3-2-4-7-5-6;4-2-1-3-5;2*1-2;/h8-11,15-16,19H,5-7,12-14,17H2,1-4H3;6-7,11,13H,3-5,8-10,12H2,1-2H3;6-7,11,13H,3-5,8-10,12,17H2,1-2H3;9,11H,2-8H2,1H3;2-4H,9H2,1H3,(H,10,11);2-4H,1H3;6-7H,2-5H2,1H3;5H,1-3H2;1H3;2H,1H3;1H/t19-;2*13-;9-;;;6-;;;;/m0000..0..../s1. The number of nitrogens with two attached hydrogens (primary N) is 2. The lowest BCUT2D eigenvalue weighted by atomic mass is 10.0. The van der Waals surface area contributed by atoms with E-state index >= 15 is 0 Å². The van der Waals surface area contributed by atoms with E-state index in [1.54, 1.807) is 49.1 Å². The topological polar surface area (TPSA) is 361 Å². The molecule has 12 rings (SSSR count). The van der Waals surface area contributed by atoms with Crippen molar-refractivity contribution in [1.29, 1.82) is 0 Å². The van der Waals surface area contributed by atoms with Crippen molar-refractivity contribution in [1.82, 2.24) is 34.5 Å². The van der Waals surface area contributed by atoms with Crippen LogP contribution in [0.3, 0.4) is 0 Å². The maximum atomic E-state index is 13.3. The number of benzene rings is 6. The van der Waals surface area contributed by atoms with E-state index in [0.29, 0.717) is 77.5 Å². The first-order chi connectivity index (χ1) is 59.6. The number of carboxylic acids is 1. The van der Waals surface area contributed by atoms with E-state index in [1.165, 1.54) is 150 Å². The molecule has 5 fully saturated rings. The molecule has 1 aromatic heterocycles. The van der Waals surface area contributed by atoms with Crippen LogP contribution in [0.15, 0.2) is 114 Å². The number of nitro benzene ring substituents is 2. The molecule has 0 aliphatic carbocycles. The minimum atomic E-state index is -0.980. The second kappa shape index (κ2) is 65.6. The molecule has 6 aromatic carbocycles. The van der Waals surface area contributed by atoms with Crippen molar-refractivity contribution in [3.63, 3.8) is 0 Å². The Balaban J connectivity index is 0.000000507. The van der Waals surface area contributed by atoms with Crippen LogP contribution in [0.1, 0.15) is 158 Å². The van der Waals surface area contributed by atoms with E-state index < -0.39 is 21.6 Å². The van der Waals surface area contributed by atoms with E-state index in [4.69, 9.17) is 60.3 Å². The fourth-order valence-electron chi connectivity index (χ4n) is 14.7. The molecule has 702 valence electrons. The predicted molar refractivity (Wildman–Crippen MR) is 516 cm³/mol. The molecule has 5 aliphatic heterocycles. The fourth-order valence-corrected chi connectivity index (χ4v) is 15.0. The van der Waals surface area contributed by atoms with E-state index in [9.17, 15) is 34.2 Å². The molecule has 0 amide bonds. The number of aryl methyl sites for hydroxylation is 3. The number of carbonyl (C=O) groups is 1. The summed E-state index contributed by atoms with van der Waals surface area (Å²) in [5, 5.41) is 58.3. The van der Waals surface area contributed by atoms with Gasteiger partial charge in [0.1, 0.15) is 40.4 Å². The number of anilines is 2. The summed E-state index contributed by atoms with van der Waals surface area (Å²) in [6, 6.07) is 29.5. The van der Waals surface area contributed by atoms with Gasteiger partial charge in [-0.1, -0.05) is 96.4 Å². The molecule has 5 saturated heterocycles. The van der Waals surface area contributed by atoms with Crippen molar-refractivity contribution in [2.45, 2.75) is 152 Å². The molecule has 0 spiro atoms. The molecular formula is C93H145BrClFIN11O17. The average Bonchev–Trinajstić information content (AvgIpc) is 0.766. The van der Waals surface area contributed by atoms with Crippen LogP contribution in [0.5, 0.6) is 40.2 Å². The van der Waals surface area contributed by atoms with Crippen molar-refractivity contribution < 1.29 is 72.6 Å². The molecule has 0 radical (unpaired) electrons. The number of alkyl halides is 2.